The van der Waals surface area contributed by atoms with Gasteiger partial charge < -0.3 is 5.73 Å². The van der Waals surface area contributed by atoms with E-state index < -0.39 is 15.1 Å². The van der Waals surface area contributed by atoms with Gasteiger partial charge in [-0.3, -0.25) is 0 Å². The Hall–Kier alpha value is -0.0900. The molecular formula is C12H25NO2S. The van der Waals surface area contributed by atoms with Gasteiger partial charge in [0.15, 0.2) is 9.84 Å². The van der Waals surface area contributed by atoms with E-state index in [2.05, 4.69) is 6.92 Å². The van der Waals surface area contributed by atoms with Gasteiger partial charge in [-0.15, -0.1) is 0 Å². The van der Waals surface area contributed by atoms with Gasteiger partial charge in [-0.2, -0.15) is 0 Å². The highest BCUT2D eigenvalue weighted by molar-refractivity contribution is 7.91. The molecule has 1 aliphatic carbocycles. The van der Waals surface area contributed by atoms with E-state index in [1.807, 2.05) is 0 Å². The molecule has 0 spiro atoms. The maximum absolute atomic E-state index is 11.5. The lowest BCUT2D eigenvalue weighted by atomic mass is 9.76. The second-order valence-corrected chi connectivity index (χ2v) is 7.72. The fourth-order valence-corrected chi connectivity index (χ4v) is 3.51. The van der Waals surface area contributed by atoms with Gasteiger partial charge in [0.25, 0.3) is 0 Å². The summed E-state index contributed by atoms with van der Waals surface area (Å²) in [7, 11) is -3.00. The topological polar surface area (TPSA) is 60.2 Å². The third kappa shape index (κ3) is 3.45. The zero-order chi connectivity index (χ0) is 12.3. The summed E-state index contributed by atoms with van der Waals surface area (Å²) in [5.74, 6) is 1.14. The lowest BCUT2D eigenvalue weighted by Crippen LogP contribution is -2.45. The van der Waals surface area contributed by atoms with Gasteiger partial charge in [0.05, 0.1) is 5.25 Å². The van der Waals surface area contributed by atoms with Gasteiger partial charge in [0, 0.05) is 12.3 Å². The Morgan fingerprint density at radius 2 is 2.00 bits per heavy atom. The minimum Gasteiger partial charge on any atom is -0.326 e. The van der Waals surface area contributed by atoms with Crippen LogP contribution in [-0.2, 0) is 9.84 Å². The Labute approximate surface area is 99.7 Å². The summed E-state index contributed by atoms with van der Waals surface area (Å²) in [6.07, 6.45) is 7.17. The third-order valence-electron chi connectivity index (χ3n) is 4.16. The molecule has 0 saturated heterocycles. The van der Waals surface area contributed by atoms with Crippen molar-refractivity contribution >= 4 is 9.84 Å². The van der Waals surface area contributed by atoms with E-state index in [-0.39, 0.29) is 6.04 Å². The predicted molar refractivity (Wildman–Crippen MR) is 68.0 cm³/mol. The standard InChI is InChI=1S/C12H25NO2S/c1-4-10-6-5-7-11(8-10)12(13)9(2)16(3,14)15/h9-12H,4-8,13H2,1-3H3. The fourth-order valence-electron chi connectivity index (χ4n) is 2.72. The zero-order valence-electron chi connectivity index (χ0n) is 10.6. The molecule has 0 amide bonds. The maximum Gasteiger partial charge on any atom is 0.151 e. The van der Waals surface area contributed by atoms with Crippen molar-refractivity contribution in [1.29, 1.82) is 0 Å². The van der Waals surface area contributed by atoms with Crippen molar-refractivity contribution in [3.63, 3.8) is 0 Å². The van der Waals surface area contributed by atoms with E-state index in [0.29, 0.717) is 5.92 Å². The van der Waals surface area contributed by atoms with Crippen LogP contribution in [0.4, 0.5) is 0 Å². The van der Waals surface area contributed by atoms with Crippen molar-refractivity contribution in [2.45, 2.75) is 57.2 Å². The van der Waals surface area contributed by atoms with Crippen LogP contribution in [0.2, 0.25) is 0 Å². The Morgan fingerprint density at radius 3 is 2.50 bits per heavy atom. The summed E-state index contributed by atoms with van der Waals surface area (Å²) in [6.45, 7) is 3.95. The first-order chi connectivity index (χ1) is 7.36. The number of rotatable bonds is 4. The molecule has 1 rings (SSSR count). The molecule has 2 N–H and O–H groups in total. The predicted octanol–water partition coefficient (Wildman–Crippen LogP) is 1.96. The van der Waals surface area contributed by atoms with Crippen molar-refractivity contribution in [2.24, 2.45) is 17.6 Å². The van der Waals surface area contributed by atoms with Crippen LogP contribution in [0, 0.1) is 11.8 Å². The first-order valence-corrected chi connectivity index (χ1v) is 8.26. The van der Waals surface area contributed by atoms with E-state index >= 15 is 0 Å². The SMILES string of the molecule is CCC1CCCC(C(N)C(C)S(C)(=O)=O)C1. The van der Waals surface area contributed by atoms with Crippen LogP contribution in [0.3, 0.4) is 0 Å². The summed E-state index contributed by atoms with van der Waals surface area (Å²) in [5, 5.41) is -0.409. The fraction of sp³-hybridized carbons (Fsp3) is 1.00. The van der Waals surface area contributed by atoms with Crippen LogP contribution in [0.25, 0.3) is 0 Å². The highest BCUT2D eigenvalue weighted by Gasteiger charge is 2.32. The first kappa shape index (κ1) is 14.0. The van der Waals surface area contributed by atoms with Crippen LogP contribution in [0.15, 0.2) is 0 Å². The molecule has 4 heteroatoms. The molecule has 3 nitrogen and oxygen atoms in total. The summed E-state index contributed by atoms with van der Waals surface area (Å²) >= 11 is 0. The average molecular weight is 247 g/mol. The highest BCUT2D eigenvalue weighted by Crippen LogP contribution is 2.33. The van der Waals surface area contributed by atoms with Crippen molar-refractivity contribution in [1.82, 2.24) is 0 Å². The maximum atomic E-state index is 11.5. The summed E-state index contributed by atoms with van der Waals surface area (Å²) in [6, 6.07) is -0.190. The van der Waals surface area contributed by atoms with Gasteiger partial charge in [0.2, 0.25) is 0 Å². The van der Waals surface area contributed by atoms with E-state index in [4.69, 9.17) is 5.73 Å². The summed E-state index contributed by atoms with van der Waals surface area (Å²) < 4.78 is 23.0. The lowest BCUT2D eigenvalue weighted by molar-refractivity contribution is 0.227. The average Bonchev–Trinajstić information content (AvgIpc) is 2.26. The lowest BCUT2D eigenvalue weighted by Gasteiger charge is -2.34. The van der Waals surface area contributed by atoms with Crippen LogP contribution in [0.5, 0.6) is 0 Å². The van der Waals surface area contributed by atoms with Gasteiger partial charge in [-0.1, -0.05) is 26.2 Å². The molecule has 0 aromatic carbocycles. The summed E-state index contributed by atoms with van der Waals surface area (Å²) in [5.41, 5.74) is 6.12. The molecular weight excluding hydrogens is 222 g/mol. The highest BCUT2D eigenvalue weighted by atomic mass is 32.2. The first-order valence-electron chi connectivity index (χ1n) is 6.30. The Balaban J connectivity index is 2.63. The second-order valence-electron chi connectivity index (χ2n) is 5.31. The third-order valence-corrected chi connectivity index (χ3v) is 5.83. The van der Waals surface area contributed by atoms with Crippen LogP contribution < -0.4 is 5.73 Å². The minimum atomic E-state index is -3.00. The van der Waals surface area contributed by atoms with Crippen molar-refractivity contribution < 1.29 is 8.42 Å². The largest absolute Gasteiger partial charge is 0.326 e. The molecule has 4 unspecified atom stereocenters. The molecule has 1 saturated carbocycles. The number of hydrogen-bond donors (Lipinski definition) is 1. The van der Waals surface area contributed by atoms with Crippen LogP contribution in [0.1, 0.15) is 46.0 Å². The Bertz CT molecular complexity index is 313. The van der Waals surface area contributed by atoms with Gasteiger partial charge in [-0.25, -0.2) is 8.42 Å². The molecule has 0 radical (unpaired) electrons. The van der Waals surface area contributed by atoms with Crippen LogP contribution >= 0.6 is 0 Å². The van der Waals surface area contributed by atoms with Crippen molar-refractivity contribution in [3.8, 4) is 0 Å². The number of nitrogens with two attached hydrogens (primary N) is 1. The molecule has 0 bridgehead atoms. The normalized spacial score (nSPS) is 31.0. The van der Waals surface area contributed by atoms with E-state index in [9.17, 15) is 8.42 Å². The minimum absolute atomic E-state index is 0.190. The molecule has 1 aliphatic rings. The van der Waals surface area contributed by atoms with Gasteiger partial charge in [0.1, 0.15) is 0 Å². The molecule has 4 atom stereocenters. The zero-order valence-corrected chi connectivity index (χ0v) is 11.5. The summed E-state index contributed by atoms with van der Waals surface area (Å²) in [4.78, 5) is 0. The van der Waals surface area contributed by atoms with E-state index in [1.165, 1.54) is 25.5 Å². The number of hydrogen-bond acceptors (Lipinski definition) is 3. The molecule has 0 aromatic heterocycles. The van der Waals surface area contributed by atoms with E-state index in [1.54, 1.807) is 6.92 Å². The molecule has 1 fully saturated rings. The monoisotopic (exact) mass is 247 g/mol. The Kier molecular flexibility index (Phi) is 4.80. The molecule has 96 valence electrons. The van der Waals surface area contributed by atoms with E-state index in [0.717, 1.165) is 18.8 Å². The molecule has 16 heavy (non-hydrogen) atoms. The molecule has 0 aliphatic heterocycles. The van der Waals surface area contributed by atoms with Gasteiger partial charge >= 0.3 is 0 Å². The quantitative estimate of drug-likeness (QED) is 0.826. The molecule has 0 aromatic rings. The van der Waals surface area contributed by atoms with Crippen molar-refractivity contribution in [2.75, 3.05) is 6.26 Å². The number of sulfone groups is 1. The van der Waals surface area contributed by atoms with Gasteiger partial charge in [-0.05, 0) is 31.6 Å². The smallest absolute Gasteiger partial charge is 0.151 e. The van der Waals surface area contributed by atoms with Crippen LogP contribution in [-0.4, -0.2) is 26.0 Å². The second kappa shape index (κ2) is 5.50. The van der Waals surface area contributed by atoms with Crippen molar-refractivity contribution in [3.05, 3.63) is 0 Å². The Morgan fingerprint density at radius 1 is 1.38 bits per heavy atom. The molecule has 0 heterocycles.